The van der Waals surface area contributed by atoms with Crippen LogP contribution in [0.15, 0.2) is 0 Å². The fraction of sp³-hybridized carbons (Fsp3) is 0.750. The summed E-state index contributed by atoms with van der Waals surface area (Å²) in [6.07, 6.45) is 6.50. The van der Waals surface area contributed by atoms with Gasteiger partial charge in [0.15, 0.2) is 0 Å². The zero-order valence-corrected chi connectivity index (χ0v) is 3.52. The summed E-state index contributed by atoms with van der Waals surface area (Å²) in [6, 6.07) is 0. The van der Waals surface area contributed by atoms with Crippen LogP contribution < -0.4 is 0 Å². The highest BCUT2D eigenvalue weighted by Gasteiger charge is 1.95. The first-order valence-electron chi connectivity index (χ1n) is 1.82. The standard InChI is InChI=1S/C4H7.2FH/c1-2-4-3-1;;/h1H,2-4H2;2*1H. The molecule has 2 heteroatoms. The average molecular weight is 95.1 g/mol. The van der Waals surface area contributed by atoms with Gasteiger partial charge in [-0.15, -0.1) is 0 Å². The van der Waals surface area contributed by atoms with Crippen molar-refractivity contribution >= 4 is 0 Å². The van der Waals surface area contributed by atoms with E-state index in [2.05, 4.69) is 6.42 Å². The maximum atomic E-state index is 2.31. The molecule has 0 unspecified atom stereocenters. The highest BCUT2D eigenvalue weighted by Crippen LogP contribution is 2.13. The normalized spacial score (nSPS) is 16.0. The topological polar surface area (TPSA) is 0 Å². The van der Waals surface area contributed by atoms with Crippen molar-refractivity contribution in [2.24, 2.45) is 0 Å². The predicted octanol–water partition coefficient (Wildman–Crippen LogP) is 1.68. The molecule has 0 aromatic carbocycles. The quantitative estimate of drug-likeness (QED) is 0.429. The van der Waals surface area contributed by atoms with Gasteiger partial charge < -0.3 is 0 Å². The van der Waals surface area contributed by atoms with E-state index in [4.69, 9.17) is 0 Å². The summed E-state index contributed by atoms with van der Waals surface area (Å²) >= 11 is 0. The third-order valence-electron chi connectivity index (χ3n) is 0.816. The summed E-state index contributed by atoms with van der Waals surface area (Å²) in [6.45, 7) is 0. The Hall–Kier alpha value is -0.140. The molecule has 1 aliphatic rings. The van der Waals surface area contributed by atoms with Crippen LogP contribution in [0.2, 0.25) is 0 Å². The monoisotopic (exact) mass is 95.1 g/mol. The van der Waals surface area contributed by atoms with E-state index in [0.29, 0.717) is 0 Å². The molecule has 1 rings (SSSR count). The lowest BCUT2D eigenvalue weighted by molar-refractivity contribution is 0.652. The molecule has 0 nitrogen and oxygen atoms in total. The second-order valence-electron chi connectivity index (χ2n) is 1.22. The molecule has 0 aliphatic heterocycles. The molecule has 0 heterocycles. The van der Waals surface area contributed by atoms with E-state index in [1.165, 1.54) is 19.3 Å². The van der Waals surface area contributed by atoms with Gasteiger partial charge in [-0.25, -0.2) is 0 Å². The van der Waals surface area contributed by atoms with Crippen LogP contribution in [0.4, 0.5) is 9.41 Å². The van der Waals surface area contributed by atoms with Gasteiger partial charge in [0.25, 0.3) is 0 Å². The van der Waals surface area contributed by atoms with E-state index in [1.54, 1.807) is 0 Å². The molecular weight excluding hydrogens is 86.0 g/mol. The maximum absolute atomic E-state index is 2.31. The molecule has 1 aliphatic carbocycles. The van der Waals surface area contributed by atoms with Crippen LogP contribution in [-0.4, -0.2) is 0 Å². The van der Waals surface area contributed by atoms with E-state index in [9.17, 15) is 0 Å². The summed E-state index contributed by atoms with van der Waals surface area (Å²) in [4.78, 5) is 0. The first kappa shape index (κ1) is 9.29. The SMILES string of the molecule is F.F.[CH]1CCC1. The van der Waals surface area contributed by atoms with E-state index in [1.807, 2.05) is 0 Å². The highest BCUT2D eigenvalue weighted by atomic mass is 19.0. The van der Waals surface area contributed by atoms with Crippen LogP contribution in [0.25, 0.3) is 0 Å². The number of hydrogen-bond acceptors (Lipinski definition) is 0. The molecule has 1 radical (unpaired) electrons. The van der Waals surface area contributed by atoms with E-state index in [0.717, 1.165) is 0 Å². The van der Waals surface area contributed by atoms with Gasteiger partial charge in [-0.1, -0.05) is 19.3 Å². The van der Waals surface area contributed by atoms with Crippen molar-refractivity contribution in [2.75, 3.05) is 0 Å². The Morgan fingerprint density at radius 2 is 1.17 bits per heavy atom. The molecular formula is C4H9F2. The summed E-state index contributed by atoms with van der Waals surface area (Å²) in [5, 5.41) is 0. The molecule has 0 spiro atoms. The van der Waals surface area contributed by atoms with Crippen molar-refractivity contribution < 1.29 is 9.41 Å². The van der Waals surface area contributed by atoms with E-state index >= 15 is 0 Å². The Labute approximate surface area is 36.3 Å². The molecule has 0 bridgehead atoms. The third-order valence-corrected chi connectivity index (χ3v) is 0.816. The minimum Gasteiger partial charge on any atom is -0.269 e. The van der Waals surface area contributed by atoms with Crippen molar-refractivity contribution in [1.82, 2.24) is 0 Å². The zero-order chi connectivity index (χ0) is 2.83. The van der Waals surface area contributed by atoms with Crippen molar-refractivity contribution in [3.05, 3.63) is 6.42 Å². The zero-order valence-electron chi connectivity index (χ0n) is 3.52. The van der Waals surface area contributed by atoms with E-state index < -0.39 is 0 Å². The Bertz CT molecular complexity index is 13.5. The lowest BCUT2D eigenvalue weighted by atomic mass is 10.0. The Morgan fingerprint density at radius 3 is 1.17 bits per heavy atom. The first-order chi connectivity index (χ1) is 2.00. The van der Waals surface area contributed by atoms with Gasteiger partial charge >= 0.3 is 0 Å². The van der Waals surface area contributed by atoms with Gasteiger partial charge in [0.2, 0.25) is 0 Å². The molecule has 1 fully saturated rings. The lowest BCUT2D eigenvalue weighted by Crippen LogP contribution is -1.87. The minimum absolute atomic E-state index is 0. The van der Waals surface area contributed by atoms with Gasteiger partial charge in [-0.2, -0.15) is 0 Å². The third kappa shape index (κ3) is 2.12. The first-order valence-corrected chi connectivity index (χ1v) is 1.82. The summed E-state index contributed by atoms with van der Waals surface area (Å²) in [5.74, 6) is 0. The van der Waals surface area contributed by atoms with Crippen LogP contribution in [-0.2, 0) is 0 Å². The van der Waals surface area contributed by atoms with Gasteiger partial charge in [-0.05, 0) is 6.42 Å². The van der Waals surface area contributed by atoms with Crippen LogP contribution >= 0.6 is 0 Å². The molecule has 1 saturated carbocycles. The second kappa shape index (κ2) is 4.86. The summed E-state index contributed by atoms with van der Waals surface area (Å²) in [5.41, 5.74) is 0. The van der Waals surface area contributed by atoms with Gasteiger partial charge in [-0.3, -0.25) is 9.41 Å². The highest BCUT2D eigenvalue weighted by molar-refractivity contribution is 4.74. The molecule has 0 saturated heterocycles. The fourth-order valence-electron chi connectivity index (χ4n) is 0.204. The van der Waals surface area contributed by atoms with Crippen LogP contribution in [0, 0.1) is 6.42 Å². The number of halogens is 2. The largest absolute Gasteiger partial charge is 0.269 e. The van der Waals surface area contributed by atoms with E-state index in [-0.39, 0.29) is 9.41 Å². The van der Waals surface area contributed by atoms with Crippen molar-refractivity contribution in [1.29, 1.82) is 0 Å². The molecule has 39 valence electrons. The van der Waals surface area contributed by atoms with Crippen molar-refractivity contribution in [3.63, 3.8) is 0 Å². The predicted molar refractivity (Wildman–Crippen MR) is 23.2 cm³/mol. The Balaban J connectivity index is 0. The molecule has 0 N–H and O–H groups in total. The Kier molecular flexibility index (Phi) is 7.52. The summed E-state index contributed by atoms with van der Waals surface area (Å²) < 4.78 is 0. The average Bonchev–Trinajstić information content (AvgIpc) is 0.722. The molecule has 0 amide bonds. The molecule has 0 atom stereocenters. The van der Waals surface area contributed by atoms with Crippen LogP contribution in [0.3, 0.4) is 0 Å². The van der Waals surface area contributed by atoms with Crippen LogP contribution in [0.5, 0.6) is 0 Å². The maximum Gasteiger partial charge on any atom is -0.0386 e. The van der Waals surface area contributed by atoms with Gasteiger partial charge in [0, 0.05) is 0 Å². The molecule has 0 aromatic heterocycles. The van der Waals surface area contributed by atoms with Gasteiger partial charge in [0.05, 0.1) is 0 Å². The number of hydrogen-bond donors (Lipinski definition) is 0. The minimum atomic E-state index is 0. The molecule has 6 heavy (non-hydrogen) atoms. The Morgan fingerprint density at radius 1 is 1.00 bits per heavy atom. The molecule has 0 aromatic rings. The smallest absolute Gasteiger partial charge is 0.0386 e. The number of rotatable bonds is 0. The lowest BCUT2D eigenvalue weighted by Gasteiger charge is -2.05. The van der Waals surface area contributed by atoms with Gasteiger partial charge in [0.1, 0.15) is 0 Å². The summed E-state index contributed by atoms with van der Waals surface area (Å²) in [7, 11) is 0. The fourth-order valence-corrected chi connectivity index (χ4v) is 0.204. The van der Waals surface area contributed by atoms with Crippen molar-refractivity contribution in [2.45, 2.75) is 19.3 Å². The second-order valence-corrected chi connectivity index (χ2v) is 1.22. The van der Waals surface area contributed by atoms with Crippen LogP contribution in [0.1, 0.15) is 19.3 Å². The van der Waals surface area contributed by atoms with Crippen molar-refractivity contribution in [3.8, 4) is 0 Å².